The Morgan fingerprint density at radius 2 is 2.00 bits per heavy atom. The molecule has 0 N–H and O–H groups in total. The first-order valence-electron chi connectivity index (χ1n) is 5.43. The molecule has 2 rings (SSSR count). The summed E-state index contributed by atoms with van der Waals surface area (Å²) in [6.45, 7) is 1.73. The number of imide groups is 1. The first kappa shape index (κ1) is 10.2. The normalized spacial score (nSPS) is 26.0. The van der Waals surface area contributed by atoms with Crippen molar-refractivity contribution >= 4 is 11.8 Å². The molecule has 1 unspecified atom stereocenters. The van der Waals surface area contributed by atoms with E-state index in [4.69, 9.17) is 6.42 Å². The first-order valence-corrected chi connectivity index (χ1v) is 5.43. The Hall–Kier alpha value is -1.30. The molecule has 1 heterocycles. The average Bonchev–Trinajstić information content (AvgIpc) is 2.75. The third kappa shape index (κ3) is 1.36. The third-order valence-corrected chi connectivity index (χ3v) is 3.62. The molecular formula is C12H15NO2. The van der Waals surface area contributed by atoms with Crippen molar-refractivity contribution in [2.24, 2.45) is 5.41 Å². The van der Waals surface area contributed by atoms with Crippen LogP contribution >= 0.6 is 0 Å². The second-order valence-corrected chi connectivity index (χ2v) is 4.58. The van der Waals surface area contributed by atoms with Crippen molar-refractivity contribution < 1.29 is 9.59 Å². The summed E-state index contributed by atoms with van der Waals surface area (Å²) >= 11 is 0. The standard InChI is InChI=1S/C12H15NO2/c1-3-9(2)13-10(14)8-12(11(13)15)6-4-5-7-12/h1,9H,4-8H2,2H3. The maximum absolute atomic E-state index is 12.1. The predicted octanol–water partition coefficient (Wildman–Crippen LogP) is 1.33. The molecule has 2 amide bonds. The van der Waals surface area contributed by atoms with E-state index in [-0.39, 0.29) is 17.2 Å². The van der Waals surface area contributed by atoms with Crippen LogP contribution < -0.4 is 0 Å². The summed E-state index contributed by atoms with van der Waals surface area (Å²) in [5, 5.41) is 0. The zero-order valence-electron chi connectivity index (χ0n) is 8.95. The average molecular weight is 205 g/mol. The molecule has 1 aliphatic heterocycles. The zero-order chi connectivity index (χ0) is 11.1. The van der Waals surface area contributed by atoms with Crippen molar-refractivity contribution in [1.82, 2.24) is 4.90 Å². The molecular weight excluding hydrogens is 190 g/mol. The van der Waals surface area contributed by atoms with Gasteiger partial charge in [-0.3, -0.25) is 14.5 Å². The number of terminal acetylenes is 1. The van der Waals surface area contributed by atoms with Gasteiger partial charge in [0.1, 0.15) is 0 Å². The summed E-state index contributed by atoms with van der Waals surface area (Å²) in [7, 11) is 0. The van der Waals surface area contributed by atoms with Crippen molar-refractivity contribution in [2.45, 2.75) is 45.1 Å². The van der Waals surface area contributed by atoms with Crippen molar-refractivity contribution in [1.29, 1.82) is 0 Å². The lowest BCUT2D eigenvalue weighted by atomic mass is 9.84. The number of rotatable bonds is 1. The maximum Gasteiger partial charge on any atom is 0.236 e. The van der Waals surface area contributed by atoms with Gasteiger partial charge in [-0.15, -0.1) is 6.42 Å². The van der Waals surface area contributed by atoms with Crippen molar-refractivity contribution in [3.8, 4) is 12.3 Å². The van der Waals surface area contributed by atoms with E-state index in [0.717, 1.165) is 25.7 Å². The Kier molecular flexibility index (Phi) is 2.30. The number of carbonyl (C=O) groups excluding carboxylic acids is 2. The van der Waals surface area contributed by atoms with Crippen LogP contribution in [0.2, 0.25) is 0 Å². The van der Waals surface area contributed by atoms with Crippen LogP contribution in [-0.2, 0) is 9.59 Å². The molecule has 15 heavy (non-hydrogen) atoms. The topological polar surface area (TPSA) is 37.4 Å². The van der Waals surface area contributed by atoms with Crippen LogP contribution in [-0.4, -0.2) is 22.8 Å². The molecule has 0 aromatic rings. The van der Waals surface area contributed by atoms with Gasteiger partial charge >= 0.3 is 0 Å². The largest absolute Gasteiger partial charge is 0.274 e. The lowest BCUT2D eigenvalue weighted by Gasteiger charge is -2.22. The van der Waals surface area contributed by atoms with Crippen LogP contribution in [0.25, 0.3) is 0 Å². The van der Waals surface area contributed by atoms with Crippen molar-refractivity contribution in [2.75, 3.05) is 0 Å². The molecule has 0 bridgehead atoms. The Morgan fingerprint density at radius 1 is 1.40 bits per heavy atom. The van der Waals surface area contributed by atoms with E-state index >= 15 is 0 Å². The van der Waals surface area contributed by atoms with Crippen LogP contribution in [0.3, 0.4) is 0 Å². The Bertz CT molecular complexity index is 347. The minimum absolute atomic E-state index is 0.0320. The van der Waals surface area contributed by atoms with Gasteiger partial charge in [-0.05, 0) is 19.8 Å². The van der Waals surface area contributed by atoms with E-state index < -0.39 is 6.04 Å². The van der Waals surface area contributed by atoms with Crippen LogP contribution in [0.5, 0.6) is 0 Å². The lowest BCUT2D eigenvalue weighted by Crippen LogP contribution is -2.39. The molecule has 1 saturated carbocycles. The Labute approximate surface area is 89.8 Å². The summed E-state index contributed by atoms with van der Waals surface area (Å²) in [6.07, 6.45) is 9.45. The number of nitrogens with zero attached hydrogens (tertiary/aromatic N) is 1. The molecule has 80 valence electrons. The minimum Gasteiger partial charge on any atom is -0.274 e. The SMILES string of the molecule is C#CC(C)N1C(=O)CC2(CCCC2)C1=O. The van der Waals surface area contributed by atoms with E-state index in [0.29, 0.717) is 6.42 Å². The third-order valence-electron chi connectivity index (χ3n) is 3.62. The fraction of sp³-hybridized carbons (Fsp3) is 0.667. The summed E-state index contributed by atoms with van der Waals surface area (Å²) in [4.78, 5) is 25.2. The summed E-state index contributed by atoms with van der Waals surface area (Å²) in [5.41, 5.74) is -0.387. The van der Waals surface area contributed by atoms with Gasteiger partial charge in [-0.2, -0.15) is 0 Å². The van der Waals surface area contributed by atoms with Crippen LogP contribution in [0.4, 0.5) is 0 Å². The second kappa shape index (κ2) is 3.37. The number of amides is 2. The van der Waals surface area contributed by atoms with Crippen molar-refractivity contribution in [3.63, 3.8) is 0 Å². The molecule has 1 aliphatic carbocycles. The zero-order valence-corrected chi connectivity index (χ0v) is 8.95. The fourth-order valence-electron chi connectivity index (χ4n) is 2.73. The summed E-state index contributed by atoms with van der Waals surface area (Å²) in [5.74, 6) is 2.34. The minimum atomic E-state index is -0.398. The number of likely N-dealkylation sites (tertiary alicyclic amines) is 1. The quantitative estimate of drug-likeness (QED) is 0.478. The number of hydrogen-bond acceptors (Lipinski definition) is 2. The van der Waals surface area contributed by atoms with Gasteiger partial charge in [0.15, 0.2) is 0 Å². The molecule has 0 radical (unpaired) electrons. The van der Waals surface area contributed by atoms with E-state index in [1.165, 1.54) is 4.90 Å². The van der Waals surface area contributed by atoms with Gasteiger partial charge in [-0.25, -0.2) is 0 Å². The summed E-state index contributed by atoms with van der Waals surface area (Å²) in [6, 6.07) is -0.398. The highest BCUT2D eigenvalue weighted by Crippen LogP contribution is 2.47. The molecule has 2 aliphatic rings. The highest BCUT2D eigenvalue weighted by molar-refractivity contribution is 6.06. The van der Waals surface area contributed by atoms with E-state index in [1.54, 1.807) is 6.92 Å². The fourth-order valence-corrected chi connectivity index (χ4v) is 2.73. The highest BCUT2D eigenvalue weighted by Gasteiger charge is 2.53. The van der Waals surface area contributed by atoms with Gasteiger partial charge in [0.2, 0.25) is 11.8 Å². The maximum atomic E-state index is 12.1. The molecule has 2 fully saturated rings. The van der Waals surface area contributed by atoms with Gasteiger partial charge in [0.25, 0.3) is 0 Å². The number of carbonyl (C=O) groups is 2. The van der Waals surface area contributed by atoms with Crippen LogP contribution in [0.1, 0.15) is 39.0 Å². The van der Waals surface area contributed by atoms with E-state index in [9.17, 15) is 9.59 Å². The molecule has 1 spiro atoms. The Morgan fingerprint density at radius 3 is 2.53 bits per heavy atom. The molecule has 3 heteroatoms. The number of hydrogen-bond donors (Lipinski definition) is 0. The molecule has 1 saturated heterocycles. The first-order chi connectivity index (χ1) is 7.10. The van der Waals surface area contributed by atoms with Crippen molar-refractivity contribution in [3.05, 3.63) is 0 Å². The molecule has 3 nitrogen and oxygen atoms in total. The molecule has 0 aromatic carbocycles. The lowest BCUT2D eigenvalue weighted by molar-refractivity contribution is -0.142. The van der Waals surface area contributed by atoms with Gasteiger partial charge in [-0.1, -0.05) is 18.8 Å². The van der Waals surface area contributed by atoms with E-state index in [1.807, 2.05) is 0 Å². The van der Waals surface area contributed by atoms with Gasteiger partial charge in [0, 0.05) is 6.42 Å². The summed E-state index contributed by atoms with van der Waals surface area (Å²) < 4.78 is 0. The van der Waals surface area contributed by atoms with E-state index in [2.05, 4.69) is 5.92 Å². The molecule has 0 aromatic heterocycles. The highest BCUT2D eigenvalue weighted by atomic mass is 16.2. The van der Waals surface area contributed by atoms with Gasteiger partial charge in [0.05, 0.1) is 11.5 Å². The Balaban J connectivity index is 2.27. The predicted molar refractivity (Wildman–Crippen MR) is 55.7 cm³/mol. The monoisotopic (exact) mass is 205 g/mol. The smallest absolute Gasteiger partial charge is 0.236 e. The molecule has 1 atom stereocenters. The van der Waals surface area contributed by atoms with Crippen LogP contribution in [0.15, 0.2) is 0 Å². The van der Waals surface area contributed by atoms with Crippen LogP contribution in [0, 0.1) is 17.8 Å². The second-order valence-electron chi connectivity index (χ2n) is 4.58. The van der Waals surface area contributed by atoms with Gasteiger partial charge < -0.3 is 0 Å².